The molecule has 4 rings (SSSR count). The predicted molar refractivity (Wildman–Crippen MR) is 112 cm³/mol. The third kappa shape index (κ3) is 4.25. The lowest BCUT2D eigenvalue weighted by Crippen LogP contribution is -2.29. The predicted octanol–water partition coefficient (Wildman–Crippen LogP) is 4.14. The minimum atomic E-state index is -1.67. The van der Waals surface area contributed by atoms with Gasteiger partial charge in [0.05, 0.1) is 11.5 Å². The van der Waals surface area contributed by atoms with E-state index in [0.29, 0.717) is 47.0 Å². The molecule has 10 atom stereocenters. The van der Waals surface area contributed by atoms with Crippen LogP contribution < -0.4 is 0 Å². The van der Waals surface area contributed by atoms with Gasteiger partial charge in [-0.3, -0.25) is 0 Å². The second kappa shape index (κ2) is 8.74. The fraction of sp³-hybridized carbons (Fsp3) is 1.00. The molecule has 0 saturated heterocycles. The minimum Gasteiger partial charge on any atom is -0.306 e. The van der Waals surface area contributed by atoms with Gasteiger partial charge in [0.15, 0.2) is 22.2 Å². The highest BCUT2D eigenvalue weighted by molar-refractivity contribution is 8.76. The minimum absolute atomic E-state index is 0.444. The van der Waals surface area contributed by atoms with Crippen molar-refractivity contribution < 1.29 is 17.5 Å². The average Bonchev–Trinajstić information content (AvgIpc) is 3.33. The lowest BCUT2D eigenvalue weighted by atomic mass is 9.81. The summed E-state index contributed by atoms with van der Waals surface area (Å²) < 4.78 is 41.4. The van der Waals surface area contributed by atoms with Crippen LogP contribution >= 0.6 is 21.6 Å². The van der Waals surface area contributed by atoms with E-state index in [1.807, 2.05) is 21.6 Å². The molecule has 4 aliphatic rings. The summed E-state index contributed by atoms with van der Waals surface area (Å²) in [6.07, 6.45) is 7.68. The fourth-order valence-corrected chi connectivity index (χ4v) is 11.4. The molecule has 8 heteroatoms. The Morgan fingerprint density at radius 1 is 0.654 bits per heavy atom. The molecular formula is C18H30O4S4. The van der Waals surface area contributed by atoms with Gasteiger partial charge in [0.25, 0.3) is 0 Å². The second-order valence-electron chi connectivity index (χ2n) is 8.87. The third-order valence-corrected chi connectivity index (χ3v) is 11.7. The van der Waals surface area contributed by atoms with E-state index in [2.05, 4.69) is 0 Å². The molecule has 4 aliphatic carbocycles. The first-order chi connectivity index (χ1) is 12.5. The maximum atomic E-state index is 11.3. The van der Waals surface area contributed by atoms with E-state index in [4.69, 9.17) is 0 Å². The van der Waals surface area contributed by atoms with Crippen molar-refractivity contribution in [2.75, 3.05) is 23.0 Å². The zero-order valence-corrected chi connectivity index (χ0v) is 18.3. The maximum absolute atomic E-state index is 11.3. The smallest absolute Gasteiger partial charge is 0.153 e. The maximum Gasteiger partial charge on any atom is 0.153 e. The van der Waals surface area contributed by atoms with Crippen LogP contribution in [0.15, 0.2) is 0 Å². The van der Waals surface area contributed by atoms with Crippen LogP contribution in [0.3, 0.4) is 0 Å². The first-order valence-electron chi connectivity index (χ1n) is 9.92. The highest BCUT2D eigenvalue weighted by Crippen LogP contribution is 2.56. The second-order valence-corrected chi connectivity index (χ2v) is 13.4. The molecule has 150 valence electrons. The summed E-state index contributed by atoms with van der Waals surface area (Å²) in [5.41, 5.74) is 0. The van der Waals surface area contributed by atoms with Gasteiger partial charge in [-0.25, -0.2) is 8.42 Å². The molecular weight excluding hydrogens is 408 g/mol. The van der Waals surface area contributed by atoms with Gasteiger partial charge < -0.3 is 9.11 Å². The highest BCUT2D eigenvalue weighted by Gasteiger charge is 2.49. The zero-order chi connectivity index (χ0) is 18.3. The Morgan fingerprint density at radius 3 is 1.35 bits per heavy atom. The van der Waals surface area contributed by atoms with Crippen LogP contribution in [0.4, 0.5) is 0 Å². The first-order valence-corrected chi connectivity index (χ1v) is 15.0. The largest absolute Gasteiger partial charge is 0.306 e. The van der Waals surface area contributed by atoms with E-state index in [9.17, 15) is 17.5 Å². The molecule has 4 saturated carbocycles. The van der Waals surface area contributed by atoms with Crippen molar-refractivity contribution in [2.24, 2.45) is 47.3 Å². The molecule has 4 bridgehead atoms. The molecule has 26 heavy (non-hydrogen) atoms. The summed E-state index contributed by atoms with van der Waals surface area (Å²) in [6.45, 7) is 0. The summed E-state index contributed by atoms with van der Waals surface area (Å²) in [7, 11) is 3.91. The number of fused-ring (bicyclic) bond motifs is 4. The normalized spacial score (nSPS) is 46.1. The molecule has 0 heterocycles. The molecule has 2 N–H and O–H groups in total. The Bertz CT molecular complexity index is 511. The van der Waals surface area contributed by atoms with E-state index in [0.717, 1.165) is 23.3 Å². The van der Waals surface area contributed by atoms with E-state index < -0.39 is 22.2 Å². The van der Waals surface area contributed by atoms with Crippen molar-refractivity contribution in [1.29, 1.82) is 0 Å². The Morgan fingerprint density at radius 2 is 1.00 bits per heavy atom. The van der Waals surface area contributed by atoms with Crippen molar-refractivity contribution in [1.82, 2.24) is 0 Å². The van der Waals surface area contributed by atoms with Crippen LogP contribution in [0.1, 0.15) is 38.5 Å². The first kappa shape index (κ1) is 20.2. The number of hydrogen-bond donors (Lipinski definition) is 2. The van der Waals surface area contributed by atoms with Crippen LogP contribution in [0.2, 0.25) is 0 Å². The van der Waals surface area contributed by atoms with Crippen LogP contribution in [-0.2, 0) is 22.2 Å². The van der Waals surface area contributed by atoms with Gasteiger partial charge in [-0.2, -0.15) is 0 Å². The lowest BCUT2D eigenvalue weighted by molar-refractivity contribution is 0.265. The molecule has 4 nitrogen and oxygen atoms in total. The van der Waals surface area contributed by atoms with Gasteiger partial charge in [-0.1, -0.05) is 21.6 Å². The monoisotopic (exact) mass is 438 g/mol. The third-order valence-electron chi connectivity index (χ3n) is 7.82. The molecule has 0 spiro atoms. The Kier molecular flexibility index (Phi) is 6.79. The zero-order valence-electron chi connectivity index (χ0n) is 15.0. The van der Waals surface area contributed by atoms with Gasteiger partial charge >= 0.3 is 0 Å². The Balaban J connectivity index is 1.26. The van der Waals surface area contributed by atoms with E-state index in [1.165, 1.54) is 38.5 Å². The number of hydrogen-bond acceptors (Lipinski definition) is 4. The molecule has 0 radical (unpaired) electrons. The van der Waals surface area contributed by atoms with Crippen LogP contribution in [0, 0.1) is 47.3 Å². The van der Waals surface area contributed by atoms with Crippen LogP contribution in [-0.4, -0.2) is 40.5 Å². The summed E-state index contributed by atoms with van der Waals surface area (Å²) >= 11 is -3.33. The van der Waals surface area contributed by atoms with Crippen LogP contribution in [0.25, 0.3) is 0 Å². The summed E-state index contributed by atoms with van der Waals surface area (Å²) in [5.74, 6) is 8.16. The lowest BCUT2D eigenvalue weighted by Gasteiger charge is -2.31. The molecule has 0 amide bonds. The highest BCUT2D eigenvalue weighted by atomic mass is 33.1. The number of rotatable bonds is 9. The molecule has 0 aromatic carbocycles. The Labute approximate surface area is 169 Å². The summed E-state index contributed by atoms with van der Waals surface area (Å²) in [4.78, 5) is 0. The molecule has 3 unspecified atom stereocenters. The van der Waals surface area contributed by atoms with Crippen molar-refractivity contribution in [2.45, 2.75) is 38.5 Å². The summed E-state index contributed by atoms with van der Waals surface area (Å²) in [6, 6.07) is 0. The standard InChI is InChI=1S/C18H30O4S4/c19-25(20)9-17-13-3-1-11(5-13)15(17)7-23-24-8-16-12-2-4-14(6-12)18(16)10-26(21)22/h11-18H,1-10H2,(H,19,20)(H,21,22)/t11-,12-,13+,14+,15-,16-,17-,18?/m0/s1. The van der Waals surface area contributed by atoms with Gasteiger partial charge in [-0.05, 0) is 85.9 Å². The van der Waals surface area contributed by atoms with Crippen molar-refractivity contribution in [3.8, 4) is 0 Å². The molecule has 0 aliphatic heterocycles. The van der Waals surface area contributed by atoms with Gasteiger partial charge in [0, 0.05) is 11.5 Å². The van der Waals surface area contributed by atoms with Crippen molar-refractivity contribution in [3.05, 3.63) is 0 Å². The molecule has 0 aromatic rings. The molecule has 4 fully saturated rings. The van der Waals surface area contributed by atoms with Gasteiger partial charge in [-0.15, -0.1) is 0 Å². The van der Waals surface area contributed by atoms with E-state index in [1.54, 1.807) is 0 Å². The summed E-state index contributed by atoms with van der Waals surface area (Å²) in [5, 5.41) is 0. The van der Waals surface area contributed by atoms with Crippen molar-refractivity contribution in [3.63, 3.8) is 0 Å². The van der Waals surface area contributed by atoms with Crippen molar-refractivity contribution >= 4 is 43.7 Å². The average molecular weight is 439 g/mol. The van der Waals surface area contributed by atoms with Gasteiger partial charge in [0.2, 0.25) is 0 Å². The Hall–Kier alpha value is 0.920. The van der Waals surface area contributed by atoms with Gasteiger partial charge in [0.1, 0.15) is 0 Å². The SMILES string of the molecule is O=S(O)CC1[C@@H]2CC[C@@H](C2)[C@@H]1CSSC[C@H]1[C@H]2CC[C@H](C2)[C@@H]1CS(=O)O. The fourth-order valence-electron chi connectivity index (χ4n) is 6.68. The van der Waals surface area contributed by atoms with E-state index in [-0.39, 0.29) is 0 Å². The van der Waals surface area contributed by atoms with Crippen LogP contribution in [0.5, 0.6) is 0 Å². The molecule has 0 aromatic heterocycles. The topological polar surface area (TPSA) is 74.6 Å². The van der Waals surface area contributed by atoms with E-state index >= 15 is 0 Å². The quantitative estimate of drug-likeness (QED) is 0.320.